The van der Waals surface area contributed by atoms with Gasteiger partial charge in [-0.15, -0.1) is 24.0 Å². The molecule has 27 heavy (non-hydrogen) atoms. The van der Waals surface area contributed by atoms with E-state index in [0.717, 1.165) is 28.0 Å². The number of ether oxygens (including phenoxy) is 2. The van der Waals surface area contributed by atoms with Gasteiger partial charge in [0, 0.05) is 6.54 Å². The summed E-state index contributed by atoms with van der Waals surface area (Å²) in [4.78, 5) is 8.97. The van der Waals surface area contributed by atoms with Gasteiger partial charge in [0.2, 0.25) is 5.89 Å². The molecule has 0 saturated heterocycles. The SMILES string of the molecule is CCNC(=NCc1cc(Br)c(OC)c(OC)c1)NCc1nc(C)c(C)o1.I. The number of nitrogens with zero attached hydrogens (tertiary/aromatic N) is 2. The fourth-order valence-electron chi connectivity index (χ4n) is 2.35. The summed E-state index contributed by atoms with van der Waals surface area (Å²) in [5.41, 5.74) is 1.90. The predicted molar refractivity (Wildman–Crippen MR) is 120 cm³/mol. The van der Waals surface area contributed by atoms with Gasteiger partial charge in [-0.05, 0) is 54.4 Å². The van der Waals surface area contributed by atoms with Crippen LogP contribution >= 0.6 is 39.9 Å². The van der Waals surface area contributed by atoms with Crippen LogP contribution in [0.15, 0.2) is 26.0 Å². The summed E-state index contributed by atoms with van der Waals surface area (Å²) in [6, 6.07) is 3.88. The van der Waals surface area contributed by atoms with E-state index in [1.54, 1.807) is 14.2 Å². The number of oxazole rings is 1. The summed E-state index contributed by atoms with van der Waals surface area (Å²) in [6.07, 6.45) is 0. The maximum atomic E-state index is 5.58. The normalized spacial score (nSPS) is 11.0. The lowest BCUT2D eigenvalue weighted by Crippen LogP contribution is -2.36. The molecule has 2 aromatic rings. The number of methoxy groups -OCH3 is 2. The van der Waals surface area contributed by atoms with Gasteiger partial charge in [0.15, 0.2) is 17.5 Å². The van der Waals surface area contributed by atoms with Gasteiger partial charge >= 0.3 is 0 Å². The molecular weight excluding hydrogens is 527 g/mol. The van der Waals surface area contributed by atoms with Gasteiger partial charge in [-0.3, -0.25) is 0 Å². The Balaban J connectivity index is 0.00000364. The number of halogens is 2. The second kappa shape index (κ2) is 11.4. The van der Waals surface area contributed by atoms with Crippen LogP contribution in [0, 0.1) is 13.8 Å². The van der Waals surface area contributed by atoms with Crippen LogP contribution in [0.4, 0.5) is 0 Å². The van der Waals surface area contributed by atoms with Crippen LogP contribution in [0.2, 0.25) is 0 Å². The summed E-state index contributed by atoms with van der Waals surface area (Å²) < 4.78 is 17.1. The third-order valence-corrected chi connectivity index (χ3v) is 4.33. The molecule has 9 heteroatoms. The van der Waals surface area contributed by atoms with Crippen LogP contribution < -0.4 is 20.1 Å². The lowest BCUT2D eigenvalue weighted by atomic mass is 10.2. The van der Waals surface area contributed by atoms with Gasteiger partial charge in [-0.2, -0.15) is 0 Å². The van der Waals surface area contributed by atoms with E-state index >= 15 is 0 Å². The van der Waals surface area contributed by atoms with Crippen molar-refractivity contribution < 1.29 is 13.9 Å². The molecule has 1 aromatic carbocycles. The average molecular weight is 553 g/mol. The molecule has 0 aliphatic carbocycles. The van der Waals surface area contributed by atoms with E-state index in [4.69, 9.17) is 13.9 Å². The zero-order valence-electron chi connectivity index (χ0n) is 16.2. The van der Waals surface area contributed by atoms with E-state index in [-0.39, 0.29) is 24.0 Å². The number of hydrogen-bond acceptors (Lipinski definition) is 5. The summed E-state index contributed by atoms with van der Waals surface area (Å²) in [5, 5.41) is 6.44. The topological polar surface area (TPSA) is 80.9 Å². The molecule has 0 radical (unpaired) electrons. The number of rotatable bonds is 7. The Labute approximate surface area is 185 Å². The molecule has 0 fully saturated rings. The van der Waals surface area contributed by atoms with Crippen molar-refractivity contribution in [2.45, 2.75) is 33.9 Å². The fraction of sp³-hybridized carbons (Fsp3) is 0.444. The molecule has 1 heterocycles. The van der Waals surface area contributed by atoms with Crippen LogP contribution in [0.25, 0.3) is 0 Å². The molecule has 0 amide bonds. The van der Waals surface area contributed by atoms with Gasteiger partial charge in [0.1, 0.15) is 5.76 Å². The second-order valence-corrected chi connectivity index (χ2v) is 6.47. The van der Waals surface area contributed by atoms with E-state index in [1.807, 2.05) is 32.9 Å². The molecule has 0 aliphatic heterocycles. The lowest BCUT2D eigenvalue weighted by molar-refractivity contribution is 0.352. The first-order chi connectivity index (χ1) is 12.5. The Hall–Kier alpha value is -1.49. The molecule has 0 saturated carbocycles. The van der Waals surface area contributed by atoms with E-state index in [0.29, 0.717) is 36.4 Å². The van der Waals surface area contributed by atoms with E-state index in [1.165, 1.54) is 0 Å². The van der Waals surface area contributed by atoms with Crippen LogP contribution in [-0.2, 0) is 13.1 Å². The number of aromatic nitrogens is 1. The molecule has 150 valence electrons. The Morgan fingerprint density at radius 3 is 2.52 bits per heavy atom. The van der Waals surface area contributed by atoms with E-state index in [9.17, 15) is 0 Å². The first-order valence-electron chi connectivity index (χ1n) is 8.34. The molecule has 1 aromatic heterocycles. The lowest BCUT2D eigenvalue weighted by Gasteiger charge is -2.12. The molecular formula is C18H26BrIN4O3. The van der Waals surface area contributed by atoms with Crippen molar-refractivity contribution in [2.24, 2.45) is 4.99 Å². The zero-order chi connectivity index (χ0) is 19.1. The monoisotopic (exact) mass is 552 g/mol. The minimum absolute atomic E-state index is 0. The van der Waals surface area contributed by atoms with Crippen molar-refractivity contribution in [1.29, 1.82) is 0 Å². The Kier molecular flexibility index (Phi) is 9.92. The van der Waals surface area contributed by atoms with Crippen LogP contribution in [0.5, 0.6) is 11.5 Å². The van der Waals surface area contributed by atoms with Gasteiger partial charge in [-0.25, -0.2) is 9.98 Å². The number of nitrogens with one attached hydrogen (secondary N) is 2. The fourth-order valence-corrected chi connectivity index (χ4v) is 3.00. The highest BCUT2D eigenvalue weighted by atomic mass is 127. The molecule has 0 atom stereocenters. The first kappa shape index (κ1) is 23.5. The molecule has 0 spiro atoms. The quantitative estimate of drug-likeness (QED) is 0.307. The van der Waals surface area contributed by atoms with Gasteiger partial charge in [-0.1, -0.05) is 0 Å². The standard InChI is InChI=1S/C18H25BrN4O3.HI/c1-6-20-18(22-10-16-23-11(2)12(3)26-16)21-9-13-7-14(19)17(25-5)15(8-13)24-4;/h7-8H,6,9-10H2,1-5H3,(H2,20,21,22);1H. The molecule has 0 bridgehead atoms. The largest absolute Gasteiger partial charge is 0.493 e. The maximum Gasteiger partial charge on any atom is 0.214 e. The van der Waals surface area contributed by atoms with Crippen molar-refractivity contribution in [3.63, 3.8) is 0 Å². The van der Waals surface area contributed by atoms with E-state index in [2.05, 4.69) is 36.5 Å². The molecule has 7 nitrogen and oxygen atoms in total. The number of aliphatic imine (C=N–C) groups is 1. The second-order valence-electron chi connectivity index (χ2n) is 5.61. The molecule has 0 aliphatic rings. The summed E-state index contributed by atoms with van der Waals surface area (Å²) in [6.45, 7) is 7.55. The zero-order valence-corrected chi connectivity index (χ0v) is 20.1. The van der Waals surface area contributed by atoms with Crippen LogP contribution in [-0.4, -0.2) is 31.7 Å². The Morgan fingerprint density at radius 1 is 1.22 bits per heavy atom. The summed E-state index contributed by atoms with van der Waals surface area (Å²) >= 11 is 3.50. The van der Waals surface area contributed by atoms with Crippen molar-refractivity contribution in [1.82, 2.24) is 15.6 Å². The third kappa shape index (κ3) is 6.56. The van der Waals surface area contributed by atoms with Crippen molar-refractivity contribution >= 4 is 45.9 Å². The molecule has 2 N–H and O–H groups in total. The van der Waals surface area contributed by atoms with Crippen molar-refractivity contribution in [3.05, 3.63) is 39.5 Å². The number of guanidine groups is 1. The van der Waals surface area contributed by atoms with Gasteiger partial charge in [0.05, 0.1) is 37.5 Å². The highest BCUT2D eigenvalue weighted by Gasteiger charge is 2.11. The van der Waals surface area contributed by atoms with Crippen molar-refractivity contribution in [3.8, 4) is 11.5 Å². The first-order valence-corrected chi connectivity index (χ1v) is 9.13. The van der Waals surface area contributed by atoms with Crippen LogP contribution in [0.3, 0.4) is 0 Å². The minimum Gasteiger partial charge on any atom is -0.493 e. The number of aryl methyl sites for hydroxylation is 2. The van der Waals surface area contributed by atoms with Crippen molar-refractivity contribution in [2.75, 3.05) is 20.8 Å². The Morgan fingerprint density at radius 2 is 1.96 bits per heavy atom. The predicted octanol–water partition coefficient (Wildman–Crippen LogP) is 3.94. The highest BCUT2D eigenvalue weighted by Crippen LogP contribution is 2.36. The molecule has 0 unspecified atom stereocenters. The average Bonchev–Trinajstić information content (AvgIpc) is 2.94. The maximum absolute atomic E-state index is 5.58. The van der Waals surface area contributed by atoms with Crippen LogP contribution in [0.1, 0.15) is 29.8 Å². The van der Waals surface area contributed by atoms with Gasteiger partial charge < -0.3 is 24.5 Å². The number of hydrogen-bond donors (Lipinski definition) is 2. The third-order valence-electron chi connectivity index (χ3n) is 3.74. The smallest absolute Gasteiger partial charge is 0.214 e. The van der Waals surface area contributed by atoms with E-state index < -0.39 is 0 Å². The molecule has 2 rings (SSSR count). The summed E-state index contributed by atoms with van der Waals surface area (Å²) in [7, 11) is 3.23. The summed E-state index contributed by atoms with van der Waals surface area (Å²) in [5.74, 6) is 3.49. The minimum atomic E-state index is 0. The highest BCUT2D eigenvalue weighted by molar-refractivity contribution is 14.0. The Bertz CT molecular complexity index is 761. The number of benzene rings is 1. The van der Waals surface area contributed by atoms with Gasteiger partial charge in [0.25, 0.3) is 0 Å².